The summed E-state index contributed by atoms with van der Waals surface area (Å²) in [6.07, 6.45) is 1.75. The normalized spacial score (nSPS) is 15.8. The molecule has 1 aliphatic heterocycles. The molecule has 1 atom stereocenters. The molecule has 0 unspecified atom stereocenters. The molecule has 32 heavy (non-hydrogen) atoms. The summed E-state index contributed by atoms with van der Waals surface area (Å²) in [7, 11) is 1.57. The Morgan fingerprint density at radius 1 is 1.25 bits per heavy atom. The molecule has 0 radical (unpaired) electrons. The predicted octanol–water partition coefficient (Wildman–Crippen LogP) is 2.51. The number of allylic oxidation sites excluding steroid dienone is 1. The minimum atomic E-state index is -0.692. The van der Waals surface area contributed by atoms with E-state index in [2.05, 4.69) is 4.99 Å². The SMILES string of the molecule is CCOC(=O)C1=C(C)N=c2s/c(=C\c3ccc(O)cc3)c(=O)n2[C@@H]1c1cccc(OC)c1. The highest BCUT2D eigenvalue weighted by molar-refractivity contribution is 7.07. The van der Waals surface area contributed by atoms with Crippen molar-refractivity contribution in [2.75, 3.05) is 13.7 Å². The third-order valence-electron chi connectivity index (χ3n) is 5.12. The van der Waals surface area contributed by atoms with Crippen molar-refractivity contribution in [1.82, 2.24) is 4.57 Å². The zero-order chi connectivity index (χ0) is 22.8. The maximum absolute atomic E-state index is 13.5. The lowest BCUT2D eigenvalue weighted by molar-refractivity contribution is -0.139. The summed E-state index contributed by atoms with van der Waals surface area (Å²) in [5, 5.41) is 9.52. The van der Waals surface area contributed by atoms with Crippen molar-refractivity contribution in [3.8, 4) is 11.5 Å². The number of carbonyl (C=O) groups excluding carboxylic acids is 1. The van der Waals surface area contributed by atoms with Crippen molar-refractivity contribution in [2.24, 2.45) is 4.99 Å². The van der Waals surface area contributed by atoms with Gasteiger partial charge in [-0.25, -0.2) is 9.79 Å². The maximum atomic E-state index is 13.5. The van der Waals surface area contributed by atoms with Crippen LogP contribution in [0.25, 0.3) is 6.08 Å². The van der Waals surface area contributed by atoms with E-state index in [0.29, 0.717) is 26.4 Å². The van der Waals surface area contributed by atoms with Gasteiger partial charge in [0.05, 0.1) is 35.6 Å². The van der Waals surface area contributed by atoms with Gasteiger partial charge in [-0.2, -0.15) is 0 Å². The second-order valence-electron chi connectivity index (χ2n) is 7.17. The zero-order valence-electron chi connectivity index (χ0n) is 17.9. The Morgan fingerprint density at radius 2 is 2.00 bits per heavy atom. The van der Waals surface area contributed by atoms with Gasteiger partial charge >= 0.3 is 5.97 Å². The first-order valence-corrected chi connectivity index (χ1v) is 10.9. The van der Waals surface area contributed by atoms with Crippen LogP contribution in [-0.4, -0.2) is 29.4 Å². The van der Waals surface area contributed by atoms with E-state index in [1.165, 1.54) is 15.9 Å². The van der Waals surface area contributed by atoms with Gasteiger partial charge < -0.3 is 14.6 Å². The van der Waals surface area contributed by atoms with Gasteiger partial charge in [0.15, 0.2) is 4.80 Å². The average molecular weight is 451 g/mol. The predicted molar refractivity (Wildman–Crippen MR) is 121 cm³/mol. The topological polar surface area (TPSA) is 90.1 Å². The second kappa shape index (κ2) is 8.84. The highest BCUT2D eigenvalue weighted by Gasteiger charge is 2.33. The summed E-state index contributed by atoms with van der Waals surface area (Å²) in [4.78, 5) is 31.4. The lowest BCUT2D eigenvalue weighted by atomic mass is 9.95. The van der Waals surface area contributed by atoms with Crippen molar-refractivity contribution < 1.29 is 19.4 Å². The van der Waals surface area contributed by atoms with Crippen molar-refractivity contribution >= 4 is 23.4 Å². The number of aromatic hydroxyl groups is 1. The highest BCUT2D eigenvalue weighted by atomic mass is 32.1. The van der Waals surface area contributed by atoms with Gasteiger partial charge in [-0.3, -0.25) is 9.36 Å². The summed E-state index contributed by atoms with van der Waals surface area (Å²) >= 11 is 1.25. The van der Waals surface area contributed by atoms with Gasteiger partial charge in [-0.05, 0) is 55.3 Å². The second-order valence-corrected chi connectivity index (χ2v) is 8.18. The number of benzene rings is 2. The molecule has 0 amide bonds. The van der Waals surface area contributed by atoms with E-state index >= 15 is 0 Å². The summed E-state index contributed by atoms with van der Waals surface area (Å²) < 4.78 is 12.7. The number of thiazole rings is 1. The van der Waals surface area contributed by atoms with Crippen molar-refractivity contribution in [3.63, 3.8) is 0 Å². The zero-order valence-corrected chi connectivity index (χ0v) is 18.7. The van der Waals surface area contributed by atoms with Crippen LogP contribution >= 0.6 is 11.3 Å². The van der Waals surface area contributed by atoms with E-state index in [0.717, 1.165) is 11.1 Å². The lowest BCUT2D eigenvalue weighted by Gasteiger charge is -2.25. The van der Waals surface area contributed by atoms with E-state index in [-0.39, 0.29) is 17.9 Å². The standard InChI is InChI=1S/C24H22N2O5S/c1-4-31-23(29)20-14(2)25-24-26(21(20)16-6-5-7-18(13-16)30-3)22(28)19(32-24)12-15-8-10-17(27)11-9-15/h5-13,21,27H,4H2,1-3H3/b19-12-/t21-/m1/s1. The Kier molecular flexibility index (Phi) is 5.96. The number of rotatable bonds is 5. The van der Waals surface area contributed by atoms with Crippen LogP contribution in [-0.2, 0) is 9.53 Å². The Morgan fingerprint density at radius 3 is 2.69 bits per heavy atom. The molecule has 7 nitrogen and oxygen atoms in total. The molecule has 1 N–H and O–H groups in total. The fourth-order valence-electron chi connectivity index (χ4n) is 3.64. The number of hydrogen-bond acceptors (Lipinski definition) is 7. The Hall–Kier alpha value is -3.65. The maximum Gasteiger partial charge on any atom is 0.338 e. The van der Waals surface area contributed by atoms with Crippen molar-refractivity contribution in [3.05, 3.63) is 90.6 Å². The van der Waals surface area contributed by atoms with E-state index in [1.54, 1.807) is 63.4 Å². The lowest BCUT2D eigenvalue weighted by Crippen LogP contribution is -2.39. The first-order chi connectivity index (χ1) is 15.4. The van der Waals surface area contributed by atoms with Crippen LogP contribution in [0.2, 0.25) is 0 Å². The molecule has 0 fully saturated rings. The largest absolute Gasteiger partial charge is 0.508 e. The number of carbonyl (C=O) groups is 1. The van der Waals surface area contributed by atoms with Crippen LogP contribution in [0.5, 0.6) is 11.5 Å². The average Bonchev–Trinajstić information content (AvgIpc) is 3.09. The number of phenolic OH excluding ortho intramolecular Hbond substituents is 1. The van der Waals surface area contributed by atoms with Gasteiger partial charge in [0, 0.05) is 0 Å². The molecule has 1 aliphatic rings. The molecule has 0 aliphatic carbocycles. The number of hydrogen-bond donors (Lipinski definition) is 1. The highest BCUT2D eigenvalue weighted by Crippen LogP contribution is 2.32. The molecule has 0 saturated heterocycles. The van der Waals surface area contributed by atoms with Crippen molar-refractivity contribution in [2.45, 2.75) is 19.9 Å². The minimum Gasteiger partial charge on any atom is -0.508 e. The first-order valence-electron chi connectivity index (χ1n) is 10.1. The van der Waals surface area contributed by atoms with Crippen LogP contribution in [0.15, 0.2) is 69.6 Å². The number of nitrogens with zero attached hydrogens (tertiary/aromatic N) is 2. The van der Waals surface area contributed by atoms with Gasteiger partial charge in [0.25, 0.3) is 5.56 Å². The van der Waals surface area contributed by atoms with Gasteiger partial charge in [0.2, 0.25) is 0 Å². The number of methoxy groups -OCH3 is 1. The molecule has 2 aromatic carbocycles. The summed E-state index contributed by atoms with van der Waals surface area (Å²) in [5.74, 6) is 0.261. The van der Waals surface area contributed by atoms with Crippen LogP contribution < -0.4 is 19.6 Å². The van der Waals surface area contributed by atoms with Gasteiger partial charge in [-0.1, -0.05) is 35.6 Å². The van der Waals surface area contributed by atoms with Crippen LogP contribution in [0.1, 0.15) is 31.0 Å². The van der Waals surface area contributed by atoms with Gasteiger partial charge in [0.1, 0.15) is 11.5 Å². The van der Waals surface area contributed by atoms with Crippen LogP contribution in [0.3, 0.4) is 0 Å². The fourth-order valence-corrected chi connectivity index (χ4v) is 4.69. The molecule has 4 rings (SSSR count). The molecule has 8 heteroatoms. The first kappa shape index (κ1) is 21.6. The van der Waals surface area contributed by atoms with E-state index < -0.39 is 12.0 Å². The van der Waals surface area contributed by atoms with E-state index in [4.69, 9.17) is 9.47 Å². The number of esters is 1. The molecule has 2 heterocycles. The number of aromatic nitrogens is 1. The summed E-state index contributed by atoms with van der Waals surface area (Å²) in [6.45, 7) is 3.70. The minimum absolute atomic E-state index is 0.149. The Bertz CT molecular complexity index is 1380. The molecule has 3 aromatic rings. The van der Waals surface area contributed by atoms with E-state index in [9.17, 15) is 14.7 Å². The molecular formula is C24H22N2O5S. The Balaban J connectivity index is 1.96. The monoisotopic (exact) mass is 450 g/mol. The quantitative estimate of drug-likeness (QED) is 0.604. The number of ether oxygens (including phenoxy) is 2. The third kappa shape index (κ3) is 3.97. The number of fused-ring (bicyclic) bond motifs is 1. The van der Waals surface area contributed by atoms with Crippen LogP contribution in [0, 0.1) is 0 Å². The fraction of sp³-hybridized carbons (Fsp3) is 0.208. The number of phenols is 1. The molecule has 0 bridgehead atoms. The summed E-state index contributed by atoms with van der Waals surface area (Å²) in [5.41, 5.74) is 2.06. The molecular weight excluding hydrogens is 428 g/mol. The third-order valence-corrected chi connectivity index (χ3v) is 6.10. The molecule has 164 valence electrons. The van der Waals surface area contributed by atoms with Gasteiger partial charge in [-0.15, -0.1) is 0 Å². The summed E-state index contributed by atoms with van der Waals surface area (Å²) in [6, 6.07) is 13.2. The Labute approximate surface area is 188 Å². The van der Waals surface area contributed by atoms with Crippen molar-refractivity contribution in [1.29, 1.82) is 0 Å². The smallest absolute Gasteiger partial charge is 0.338 e. The molecule has 0 spiro atoms. The van der Waals surface area contributed by atoms with E-state index in [1.807, 2.05) is 12.1 Å². The molecule has 1 aromatic heterocycles. The molecule has 0 saturated carbocycles. The van der Waals surface area contributed by atoms with Crippen LogP contribution in [0.4, 0.5) is 0 Å².